The maximum Gasteiger partial charge on any atom is 0.363 e. The zero-order valence-electron chi connectivity index (χ0n) is 48.1. The lowest BCUT2D eigenvalue weighted by Gasteiger charge is -2.19. The predicted molar refractivity (Wildman–Crippen MR) is 286 cm³/mol. The van der Waals surface area contributed by atoms with Gasteiger partial charge in [-0.05, 0) is 72.7 Å². The molecule has 4 heterocycles. The maximum atomic E-state index is 11.5. The van der Waals surface area contributed by atoms with Gasteiger partial charge < -0.3 is 81.3 Å². The van der Waals surface area contributed by atoms with Crippen molar-refractivity contribution >= 4 is 59.4 Å². The monoisotopic (exact) mass is 1240 g/mol. The lowest BCUT2D eigenvalue weighted by Crippen LogP contribution is -2.41. The Morgan fingerprint density at radius 3 is 1.26 bits per heavy atom. The maximum absolute atomic E-state index is 11.5. The molecule has 0 radical (unpaired) electrons. The average Bonchev–Trinajstić information content (AvgIpc) is 2.98. The summed E-state index contributed by atoms with van der Waals surface area (Å²) < 4.78 is 28.6. The lowest BCUT2D eigenvalue weighted by atomic mass is 10.2. The van der Waals surface area contributed by atoms with Crippen LogP contribution < -0.4 is 53.6 Å². The predicted octanol–water partition coefficient (Wildman–Crippen LogP) is -3.42. The molecule has 14 N–H and O–H groups in total. The number of esters is 6. The fourth-order valence-electron chi connectivity index (χ4n) is 5.42. The number of ether oxygens (including phenoxy) is 6. The molecule has 40 heteroatoms. The average molecular weight is 1250 g/mol. The van der Waals surface area contributed by atoms with Crippen LogP contribution in [-0.4, -0.2) is 151 Å². The molecule has 2 aliphatic rings. The van der Waals surface area contributed by atoms with E-state index in [4.69, 9.17) is 36.1 Å². The van der Waals surface area contributed by atoms with E-state index >= 15 is 0 Å². The van der Waals surface area contributed by atoms with Crippen LogP contribution in [0, 0.1) is 20.2 Å². The number of nitrogens with zero attached hydrogens (tertiary/aromatic N) is 6. The molecule has 4 amide bonds. The number of carbonyl (C=O) groups is 10. The highest BCUT2D eigenvalue weighted by atomic mass is 16.6. The number of aromatic amines is 2. The molecular weight excluding hydrogens is 1180 g/mol. The van der Waals surface area contributed by atoms with Crippen LogP contribution in [0.4, 0.5) is 0 Å². The van der Waals surface area contributed by atoms with E-state index < -0.39 is 112 Å². The number of aromatic nitrogens is 4. The summed E-state index contributed by atoms with van der Waals surface area (Å²) in [5.41, 5.74) is 8.73. The summed E-state index contributed by atoms with van der Waals surface area (Å²) in [4.78, 5) is 158. The molecule has 0 aromatic carbocycles. The van der Waals surface area contributed by atoms with Gasteiger partial charge in [-0.3, -0.25) is 58.4 Å². The largest absolute Gasteiger partial charge is 0.618 e. The molecule has 2 aromatic rings. The third-order valence-electron chi connectivity index (χ3n) is 9.00. The summed E-state index contributed by atoms with van der Waals surface area (Å²) >= 11 is 0. The normalized spacial score (nSPS) is 13.7. The van der Waals surface area contributed by atoms with E-state index in [1.54, 1.807) is 66.4 Å². The number of H-pyrrole nitrogens is 2. The zero-order valence-corrected chi connectivity index (χ0v) is 48.1. The van der Waals surface area contributed by atoms with Crippen molar-refractivity contribution in [2.75, 3.05) is 19.8 Å². The van der Waals surface area contributed by atoms with Crippen molar-refractivity contribution in [3.05, 3.63) is 125 Å². The molecule has 0 bridgehead atoms. The molecule has 2 atom stereocenters. The van der Waals surface area contributed by atoms with Gasteiger partial charge >= 0.3 is 46.9 Å². The first kappa shape index (κ1) is 78.6. The second kappa shape index (κ2) is 42.4. The van der Waals surface area contributed by atoms with Crippen molar-refractivity contribution in [1.82, 2.24) is 41.7 Å². The third kappa shape index (κ3) is 31.2. The molecule has 4 rings (SSSR count). The number of rotatable bonds is 22. The standard InChI is InChI=1S/C9H11N3O5.C9H12N2O4.C8H9N3O5.C8H10N2O4.C7H14N2O4.C6H12N2O4/c1-5(2)17-9(14)6(11-15)7-8(13)10-3-4-12(7)16;1-6(2)15-8(12)5-7-9(13)10-3-4-11(7)14;1-2-16-8(13)5(10-14)6-7(12)9-3-4-11(6)15;1-2-14-7(11)5-6-8(12)9-3-4-10(6)13;1-4(2)13-6(10)3-5(9-12)7(8)11;1-2-12-5(9)3-4(8-11)6(7)10/h3-5,16H,1-2H3,(H,10,13);3-4,6H,5H2,1-2H3,(H,10,13);3-4,15H,2H2,1H3,(H,9,12);3-4H,2,5H2,1H3,(H,9,12);4-5,9,12H,3H2,1-2H3,(H2,8,11);4,8,11H,2-3H2,1H3,(H2,7,10). The molecule has 0 spiro atoms. The first-order valence-corrected chi connectivity index (χ1v) is 24.9. The van der Waals surface area contributed by atoms with Crippen LogP contribution in [0.5, 0.6) is 0 Å². The van der Waals surface area contributed by atoms with Gasteiger partial charge in [0.1, 0.15) is 24.9 Å². The number of hydrogen-bond donors (Lipinski definition) is 12. The van der Waals surface area contributed by atoms with Gasteiger partial charge in [-0.1, -0.05) is 0 Å². The fourth-order valence-corrected chi connectivity index (χ4v) is 5.42. The molecule has 40 nitrogen and oxygen atoms in total. The van der Waals surface area contributed by atoms with Crippen molar-refractivity contribution in [3.8, 4) is 0 Å². The highest BCUT2D eigenvalue weighted by molar-refractivity contribution is 6.03. The molecular formula is C47H68N14O26. The Balaban J connectivity index is 0. The first-order chi connectivity index (χ1) is 40.8. The SMILES string of the molecule is CC(C)OC(=O)C(N=O)=C1C(=O)NC=CN1O.CC(C)OC(=O)CC(NO)C(N)=O.CC(C)OC(=O)Cc1c(=O)[nH]cc[n+]1[O-].CCOC(=O)C(N=O)=C1C(=O)NC=CN1O.CCOC(=O)CC(NO)C(N)=O.CCOC(=O)Cc1c(=O)[nH]cc[n+]1[O-]. The van der Waals surface area contributed by atoms with Crippen LogP contribution in [0.2, 0.25) is 0 Å². The van der Waals surface area contributed by atoms with E-state index in [-0.39, 0.29) is 69.1 Å². The van der Waals surface area contributed by atoms with Crippen LogP contribution >= 0.6 is 0 Å². The van der Waals surface area contributed by atoms with Crippen molar-refractivity contribution in [2.45, 2.75) is 118 Å². The molecule has 0 saturated carbocycles. The Hall–Kier alpha value is -10.4. The van der Waals surface area contributed by atoms with Crippen molar-refractivity contribution in [2.24, 2.45) is 21.8 Å². The van der Waals surface area contributed by atoms with Gasteiger partial charge in [-0.15, -0.1) is 9.81 Å². The summed E-state index contributed by atoms with van der Waals surface area (Å²) in [6.07, 6.45) is 6.88. The van der Waals surface area contributed by atoms with Gasteiger partial charge in [0, 0.05) is 24.8 Å². The van der Waals surface area contributed by atoms with Crippen LogP contribution in [0.15, 0.2) is 92.3 Å². The van der Waals surface area contributed by atoms with Crippen LogP contribution in [0.1, 0.15) is 86.5 Å². The van der Waals surface area contributed by atoms with E-state index in [0.717, 1.165) is 37.2 Å². The molecule has 2 unspecified atom stereocenters. The van der Waals surface area contributed by atoms with Gasteiger partial charge in [0.25, 0.3) is 23.2 Å². The van der Waals surface area contributed by atoms with E-state index in [1.165, 1.54) is 19.3 Å². The van der Waals surface area contributed by atoms with Gasteiger partial charge in [0.2, 0.25) is 23.2 Å². The fraction of sp³-hybridized carbons (Fsp3) is 0.447. The number of hydrogen-bond acceptors (Lipinski definition) is 32. The van der Waals surface area contributed by atoms with E-state index in [2.05, 4.69) is 45.2 Å². The Bertz CT molecular complexity index is 2940. The van der Waals surface area contributed by atoms with Crippen molar-refractivity contribution in [1.29, 1.82) is 0 Å². The number of hydroxylamine groups is 6. The quantitative estimate of drug-likeness (QED) is 0.0104. The van der Waals surface area contributed by atoms with Crippen molar-refractivity contribution < 1.29 is 107 Å². The smallest absolute Gasteiger partial charge is 0.363 e. The van der Waals surface area contributed by atoms with Crippen LogP contribution in [0.25, 0.3) is 0 Å². The number of nitroso groups, excluding NO2 is 2. The molecule has 2 aromatic heterocycles. The van der Waals surface area contributed by atoms with E-state index in [1.807, 2.05) is 0 Å². The van der Waals surface area contributed by atoms with Gasteiger partial charge in [-0.2, -0.15) is 20.4 Å². The summed E-state index contributed by atoms with van der Waals surface area (Å²) in [6.45, 7) is 15.2. The minimum absolute atomic E-state index is 0.0218. The Morgan fingerprint density at radius 2 is 0.931 bits per heavy atom. The lowest BCUT2D eigenvalue weighted by molar-refractivity contribution is -0.615. The molecule has 0 aliphatic carbocycles. The Kier molecular flexibility index (Phi) is 38.3. The van der Waals surface area contributed by atoms with Gasteiger partial charge in [-0.25, -0.2) is 19.7 Å². The Morgan fingerprint density at radius 1 is 0.575 bits per heavy atom. The van der Waals surface area contributed by atoms with E-state index in [9.17, 15) is 88.2 Å². The first-order valence-electron chi connectivity index (χ1n) is 24.9. The second-order valence-electron chi connectivity index (χ2n) is 16.8. The topological polar surface area (TPSA) is 592 Å². The summed E-state index contributed by atoms with van der Waals surface area (Å²) in [6, 6.07) is -2.17. The minimum atomic E-state index is -1.09. The molecule has 2 aliphatic heterocycles. The molecule has 87 heavy (non-hydrogen) atoms. The summed E-state index contributed by atoms with van der Waals surface area (Å²) in [7, 11) is 0. The number of nitrogens with two attached hydrogens (primary N) is 2. The number of nitrogens with one attached hydrogen (secondary N) is 6. The number of amides is 4. The van der Waals surface area contributed by atoms with Gasteiger partial charge in [0.15, 0.2) is 23.8 Å². The number of primary amides is 2. The van der Waals surface area contributed by atoms with E-state index in [0.29, 0.717) is 19.6 Å². The molecule has 482 valence electrons. The molecule has 0 fully saturated rings. The molecule has 0 saturated heterocycles. The van der Waals surface area contributed by atoms with Gasteiger partial charge in [0.05, 0.1) is 63.4 Å². The highest BCUT2D eigenvalue weighted by Crippen LogP contribution is 2.17. The van der Waals surface area contributed by atoms with Crippen LogP contribution in [-0.2, 0) is 89.2 Å². The highest BCUT2D eigenvalue weighted by Gasteiger charge is 2.31. The summed E-state index contributed by atoms with van der Waals surface area (Å²) in [5, 5.41) is 67.5. The zero-order chi connectivity index (χ0) is 67.1. The summed E-state index contributed by atoms with van der Waals surface area (Å²) in [5.74, 6) is -7.75. The Labute approximate surface area is 491 Å². The second-order valence-corrected chi connectivity index (χ2v) is 16.8. The van der Waals surface area contributed by atoms with Crippen LogP contribution in [0.3, 0.4) is 0 Å². The minimum Gasteiger partial charge on any atom is -0.618 e. The third-order valence-corrected chi connectivity index (χ3v) is 9.00. The number of carbonyl (C=O) groups excluding carboxylic acids is 10. The van der Waals surface area contributed by atoms with Crippen molar-refractivity contribution in [3.63, 3.8) is 0 Å².